The fourth-order valence-corrected chi connectivity index (χ4v) is 1.68. The van der Waals surface area contributed by atoms with Crippen molar-refractivity contribution in [3.05, 3.63) is 24.3 Å². The maximum Gasteiger partial charge on any atom is 0.330 e. The van der Waals surface area contributed by atoms with Crippen molar-refractivity contribution in [2.24, 2.45) is 0 Å². The monoisotopic (exact) mass is 283 g/mol. The Bertz CT molecular complexity index is 367. The number of allylic oxidation sites excluding steroid dienone is 3. The van der Waals surface area contributed by atoms with Gasteiger partial charge in [-0.2, -0.15) is 0 Å². The lowest BCUT2D eigenvalue weighted by atomic mass is 10.2. The Kier molecular flexibility index (Phi) is 8.56. The Morgan fingerprint density at radius 2 is 1.80 bits per heavy atom. The summed E-state index contributed by atoms with van der Waals surface area (Å²) in [5.41, 5.74) is 0. The average Bonchev–Trinajstić information content (AvgIpc) is 2.25. The molecular formula is C15H25NO4. The summed E-state index contributed by atoms with van der Waals surface area (Å²) in [6.07, 6.45) is 7.68. The van der Waals surface area contributed by atoms with Crippen LogP contribution in [0.15, 0.2) is 24.3 Å². The van der Waals surface area contributed by atoms with Gasteiger partial charge in [0.05, 0.1) is 21.1 Å². The van der Waals surface area contributed by atoms with Gasteiger partial charge in [0.25, 0.3) is 0 Å². The fourth-order valence-electron chi connectivity index (χ4n) is 1.68. The highest BCUT2D eigenvalue weighted by Gasteiger charge is 2.21. The highest BCUT2D eigenvalue weighted by Crippen LogP contribution is 2.05. The van der Waals surface area contributed by atoms with E-state index in [2.05, 4.69) is 0 Å². The SMILES string of the molecule is C/C=C/CC/C=C/C(=O)OC(CC(=O)[O-])C[N+](C)(C)C. The van der Waals surface area contributed by atoms with E-state index in [0.717, 1.165) is 12.8 Å². The van der Waals surface area contributed by atoms with Crippen molar-refractivity contribution in [1.82, 2.24) is 0 Å². The number of nitrogens with zero attached hydrogens (tertiary/aromatic N) is 1. The summed E-state index contributed by atoms with van der Waals surface area (Å²) in [6.45, 7) is 2.36. The maximum absolute atomic E-state index is 11.6. The third-order valence-electron chi connectivity index (χ3n) is 2.42. The molecule has 0 aliphatic carbocycles. The average molecular weight is 283 g/mol. The molecule has 20 heavy (non-hydrogen) atoms. The number of unbranched alkanes of at least 4 members (excludes halogenated alkanes) is 1. The summed E-state index contributed by atoms with van der Waals surface area (Å²) in [5, 5.41) is 10.7. The molecular weight excluding hydrogens is 258 g/mol. The lowest BCUT2D eigenvalue weighted by Crippen LogP contribution is -2.45. The number of carbonyl (C=O) groups is 2. The first-order chi connectivity index (χ1) is 9.24. The van der Waals surface area contributed by atoms with Gasteiger partial charge in [-0.1, -0.05) is 18.2 Å². The summed E-state index contributed by atoms with van der Waals surface area (Å²) >= 11 is 0. The second kappa shape index (κ2) is 9.31. The van der Waals surface area contributed by atoms with Crippen LogP contribution >= 0.6 is 0 Å². The Balaban J connectivity index is 4.34. The summed E-state index contributed by atoms with van der Waals surface area (Å²) in [7, 11) is 5.72. The van der Waals surface area contributed by atoms with Gasteiger partial charge in [-0.3, -0.25) is 0 Å². The number of carboxylic acid groups (broad SMARTS) is 1. The molecule has 0 fully saturated rings. The zero-order chi connectivity index (χ0) is 15.6. The molecule has 0 aromatic heterocycles. The third kappa shape index (κ3) is 11.5. The summed E-state index contributed by atoms with van der Waals surface area (Å²) in [6, 6.07) is 0. The van der Waals surface area contributed by atoms with E-state index < -0.39 is 18.0 Å². The summed E-state index contributed by atoms with van der Waals surface area (Å²) < 4.78 is 5.67. The van der Waals surface area contributed by atoms with Gasteiger partial charge in [0.15, 0.2) is 6.10 Å². The van der Waals surface area contributed by atoms with Crippen LogP contribution in [-0.2, 0) is 14.3 Å². The first kappa shape index (κ1) is 18.4. The molecule has 1 atom stereocenters. The highest BCUT2D eigenvalue weighted by atomic mass is 16.5. The van der Waals surface area contributed by atoms with Crippen LogP contribution in [0.3, 0.4) is 0 Å². The zero-order valence-corrected chi connectivity index (χ0v) is 12.8. The minimum Gasteiger partial charge on any atom is -0.550 e. The molecule has 0 aliphatic heterocycles. The van der Waals surface area contributed by atoms with Crippen molar-refractivity contribution in [2.75, 3.05) is 27.7 Å². The van der Waals surface area contributed by atoms with Gasteiger partial charge in [-0.15, -0.1) is 0 Å². The molecule has 0 N–H and O–H groups in total. The van der Waals surface area contributed by atoms with Crippen molar-refractivity contribution >= 4 is 11.9 Å². The molecule has 0 radical (unpaired) electrons. The van der Waals surface area contributed by atoms with E-state index >= 15 is 0 Å². The normalized spacial score (nSPS) is 13.8. The molecule has 114 valence electrons. The van der Waals surface area contributed by atoms with Gasteiger partial charge in [0.2, 0.25) is 0 Å². The van der Waals surface area contributed by atoms with E-state index in [0.29, 0.717) is 11.0 Å². The van der Waals surface area contributed by atoms with E-state index in [4.69, 9.17) is 4.74 Å². The van der Waals surface area contributed by atoms with Crippen LogP contribution in [0.2, 0.25) is 0 Å². The largest absolute Gasteiger partial charge is 0.550 e. The van der Waals surface area contributed by atoms with Crippen LogP contribution in [0.5, 0.6) is 0 Å². The van der Waals surface area contributed by atoms with Gasteiger partial charge < -0.3 is 19.1 Å². The Morgan fingerprint density at radius 1 is 1.20 bits per heavy atom. The lowest BCUT2D eigenvalue weighted by molar-refractivity contribution is -0.873. The first-order valence-electron chi connectivity index (χ1n) is 6.73. The molecule has 5 nitrogen and oxygen atoms in total. The highest BCUT2D eigenvalue weighted by molar-refractivity contribution is 5.82. The van der Waals surface area contributed by atoms with Crippen molar-refractivity contribution in [3.8, 4) is 0 Å². The van der Waals surface area contributed by atoms with E-state index in [1.807, 2.05) is 40.2 Å². The number of esters is 1. The number of carbonyl (C=O) groups excluding carboxylic acids is 2. The molecule has 1 unspecified atom stereocenters. The van der Waals surface area contributed by atoms with Gasteiger partial charge in [0, 0.05) is 18.5 Å². The fraction of sp³-hybridized carbons (Fsp3) is 0.600. The number of hydrogen-bond acceptors (Lipinski definition) is 4. The molecule has 0 saturated carbocycles. The molecule has 0 aliphatic rings. The molecule has 0 heterocycles. The van der Waals surface area contributed by atoms with Crippen LogP contribution < -0.4 is 5.11 Å². The Morgan fingerprint density at radius 3 is 2.30 bits per heavy atom. The predicted octanol–water partition coefficient (Wildman–Crippen LogP) is 0.657. The molecule has 0 rings (SSSR count). The second-order valence-corrected chi connectivity index (χ2v) is 5.66. The van der Waals surface area contributed by atoms with E-state index in [1.165, 1.54) is 6.08 Å². The minimum atomic E-state index is -1.21. The van der Waals surface area contributed by atoms with Gasteiger partial charge in [-0.25, -0.2) is 4.79 Å². The van der Waals surface area contributed by atoms with E-state index in [-0.39, 0.29) is 6.42 Å². The molecule has 0 amide bonds. The first-order valence-corrected chi connectivity index (χ1v) is 6.73. The number of rotatable bonds is 9. The van der Waals surface area contributed by atoms with Crippen molar-refractivity contribution < 1.29 is 23.9 Å². The summed E-state index contributed by atoms with van der Waals surface area (Å²) in [5.74, 6) is -1.72. The standard InChI is InChI=1S/C15H25NO4/c1-5-6-7-8-9-10-15(19)20-13(11-14(17)18)12-16(2,3)4/h5-6,9-10,13H,7-8,11-12H2,1-4H3/b6-5+,10-9+. The van der Waals surface area contributed by atoms with E-state index in [1.54, 1.807) is 6.08 Å². The zero-order valence-electron chi connectivity index (χ0n) is 12.8. The van der Waals surface area contributed by atoms with Crippen LogP contribution in [0.25, 0.3) is 0 Å². The van der Waals surface area contributed by atoms with Crippen molar-refractivity contribution in [2.45, 2.75) is 32.3 Å². The second-order valence-electron chi connectivity index (χ2n) is 5.66. The number of hydrogen-bond donors (Lipinski definition) is 0. The number of aliphatic carboxylic acids is 1. The topological polar surface area (TPSA) is 66.4 Å². The van der Waals surface area contributed by atoms with Crippen LogP contribution in [0, 0.1) is 0 Å². The van der Waals surface area contributed by atoms with Gasteiger partial charge in [-0.05, 0) is 19.8 Å². The summed E-state index contributed by atoms with van der Waals surface area (Å²) in [4.78, 5) is 22.3. The number of quaternary nitrogens is 1. The number of ether oxygens (including phenoxy) is 1. The number of likely N-dealkylation sites (N-methyl/N-ethyl adjacent to an activating group) is 1. The lowest BCUT2D eigenvalue weighted by Gasteiger charge is -2.29. The third-order valence-corrected chi connectivity index (χ3v) is 2.42. The molecule has 5 heteroatoms. The predicted molar refractivity (Wildman–Crippen MR) is 75.6 cm³/mol. The smallest absolute Gasteiger partial charge is 0.330 e. The van der Waals surface area contributed by atoms with Crippen LogP contribution in [-0.4, -0.2) is 50.2 Å². The quantitative estimate of drug-likeness (QED) is 0.205. The molecule has 0 spiro atoms. The molecule has 0 aromatic rings. The van der Waals surface area contributed by atoms with E-state index in [9.17, 15) is 14.7 Å². The Hall–Kier alpha value is -1.62. The molecule has 0 aromatic carbocycles. The van der Waals surface area contributed by atoms with Crippen LogP contribution in [0.1, 0.15) is 26.2 Å². The van der Waals surface area contributed by atoms with Crippen molar-refractivity contribution in [3.63, 3.8) is 0 Å². The van der Waals surface area contributed by atoms with Gasteiger partial charge >= 0.3 is 5.97 Å². The van der Waals surface area contributed by atoms with Crippen LogP contribution in [0.4, 0.5) is 0 Å². The molecule has 0 saturated heterocycles. The Labute approximate surface area is 121 Å². The number of carboxylic acids is 1. The maximum atomic E-state index is 11.6. The molecule has 0 bridgehead atoms. The minimum absolute atomic E-state index is 0.284. The van der Waals surface area contributed by atoms with Crippen molar-refractivity contribution in [1.29, 1.82) is 0 Å². The van der Waals surface area contributed by atoms with Gasteiger partial charge in [0.1, 0.15) is 6.54 Å².